The summed E-state index contributed by atoms with van der Waals surface area (Å²) in [5.41, 5.74) is 7.86. The number of Topliss-reactive ketones (excluding diaryl/α,β-unsaturated/α-hetero) is 2. The number of ketones is 2. The number of aromatic amines is 1. The van der Waals surface area contributed by atoms with E-state index in [0.717, 1.165) is 132 Å². The Morgan fingerprint density at radius 1 is 0.861 bits per heavy atom. The highest BCUT2D eigenvalue weighted by molar-refractivity contribution is 6.01. The van der Waals surface area contributed by atoms with Crippen molar-refractivity contribution in [2.45, 2.75) is 171 Å². The minimum absolute atomic E-state index is 0.00269. The number of anilines is 1. The Balaban J connectivity index is 0.924. The lowest BCUT2D eigenvalue weighted by molar-refractivity contribution is -0.148. The first-order valence-electron chi connectivity index (χ1n) is 37.3. The Morgan fingerprint density at radius 3 is 2.57 bits per heavy atom. The fraction of sp³-hybridized carbons (Fsp3) is 0.453. The number of dihydropyridines is 1. The maximum atomic E-state index is 16.2. The third-order valence-electron chi connectivity index (χ3n) is 26.3. The first-order valence-corrected chi connectivity index (χ1v) is 37.3. The zero-order valence-corrected chi connectivity index (χ0v) is 57.8. The second kappa shape index (κ2) is 25.8. The number of phenols is 3. The monoisotopic (exact) mass is 1360 g/mol. The van der Waals surface area contributed by atoms with Crippen molar-refractivity contribution in [2.24, 2.45) is 45.8 Å². The molecule has 15 nitrogen and oxygen atoms in total. The van der Waals surface area contributed by atoms with E-state index in [1.807, 2.05) is 24.3 Å². The molecule has 4 aromatic carbocycles. The van der Waals surface area contributed by atoms with E-state index >= 15 is 4.79 Å². The second-order valence-corrected chi connectivity index (χ2v) is 31.6. The van der Waals surface area contributed by atoms with E-state index in [1.54, 1.807) is 18.2 Å². The molecule has 3 fully saturated rings. The summed E-state index contributed by atoms with van der Waals surface area (Å²) in [4.78, 5) is 50.5. The number of phenolic OH excluding ortho intramolecular Hbond substituents is 3. The van der Waals surface area contributed by atoms with Gasteiger partial charge in [0.15, 0.2) is 11.5 Å². The number of fused-ring (bicyclic) bond motifs is 6. The molecule has 4 aliphatic heterocycles. The van der Waals surface area contributed by atoms with Crippen molar-refractivity contribution in [3.05, 3.63) is 196 Å². The standard InChI is InChI=1S/C86H92N4O11/c1-50(92)100-63-26-30-86-58-12-6-13-59(86)15-8-18-71(86)68-46-87-45-67(68)65(17-7-14-58)79(55-11-5-16-60(93)38-55)56-27-33-88-78(41-56)89(34-28-75(96)53-9-3-4-10-53)73-24-21-66-80-69(73)47-90-74(44-62(95)42-63)57-39-76(97)82(77(40-57)99-2)101-64-37-51(36-61(94)43-64)19-20-52(48-91)35-54-25-29-84-31-32-85(49-84,83(66)98)72(81(80)90)23-22-70(54)84/h5-6,8,11-13,16,18,21-24,27,36-41,43,45-47,52-54,59,63,65,70-72,74,79,83,87-88,91,93-94,97-98H,3-4,9-10,14-15,19-20,25-26,28-35,42,44,48-49H2,1-2H3/t52-,54+,59+,63+,65-,70+,71+,72-,74-,79-,83-,84+,85+,86+/m0/s1. The number of nitrogens with zero attached hydrogens (tertiary/aromatic N) is 2. The predicted octanol–water partition coefficient (Wildman–Crippen LogP) is 15.8. The van der Waals surface area contributed by atoms with Gasteiger partial charge in [0.05, 0.1) is 30.9 Å². The Morgan fingerprint density at radius 2 is 1.73 bits per heavy atom. The van der Waals surface area contributed by atoms with Crippen LogP contribution >= 0.6 is 0 Å². The van der Waals surface area contributed by atoms with Crippen LogP contribution in [0.5, 0.6) is 34.5 Å². The number of hydrogen-bond donors (Lipinski definition) is 7. The van der Waals surface area contributed by atoms with Gasteiger partial charge in [-0.25, -0.2) is 0 Å². The predicted molar refractivity (Wildman–Crippen MR) is 387 cm³/mol. The summed E-state index contributed by atoms with van der Waals surface area (Å²) >= 11 is 0. The third-order valence-corrected chi connectivity index (χ3v) is 26.3. The first kappa shape index (κ1) is 65.3. The van der Waals surface area contributed by atoms with Crippen LogP contribution in [0.4, 0.5) is 5.69 Å². The highest BCUT2D eigenvalue weighted by Crippen LogP contribution is 2.73. The Kier molecular flexibility index (Phi) is 16.7. The molecule has 15 heteroatoms. The molecule has 14 atom stereocenters. The van der Waals surface area contributed by atoms with E-state index < -0.39 is 46.9 Å². The van der Waals surface area contributed by atoms with E-state index in [0.29, 0.717) is 56.5 Å². The number of H-pyrrole nitrogens is 1. The molecule has 101 heavy (non-hydrogen) atoms. The Labute approximate surface area is 590 Å². The summed E-state index contributed by atoms with van der Waals surface area (Å²) < 4.78 is 21.5. The number of carbonyl (C=O) groups is 3. The molecule has 3 saturated carbocycles. The van der Waals surface area contributed by atoms with Gasteiger partial charge in [-0.3, -0.25) is 14.4 Å². The zero-order chi connectivity index (χ0) is 69.1. The van der Waals surface area contributed by atoms with Crippen LogP contribution in [0, 0.1) is 57.7 Å². The number of carbonyl (C=O) groups excluding carboxylic acids is 3. The van der Waals surface area contributed by atoms with Gasteiger partial charge in [0.1, 0.15) is 40.7 Å². The number of aryl methyl sites for hydroxylation is 1. The molecule has 0 amide bonds. The lowest BCUT2D eigenvalue weighted by Gasteiger charge is -2.50. The average molecular weight is 1360 g/mol. The molecule has 522 valence electrons. The van der Waals surface area contributed by atoms with Gasteiger partial charge in [-0.15, -0.1) is 0 Å². The summed E-state index contributed by atoms with van der Waals surface area (Å²) in [5.74, 6) is 7.56. The normalized spacial score (nSPS) is 31.5. The van der Waals surface area contributed by atoms with Crippen LogP contribution in [-0.4, -0.2) is 85.5 Å². The number of rotatable bonds is 8. The van der Waals surface area contributed by atoms with Crippen LogP contribution in [0.25, 0.3) is 10.8 Å². The van der Waals surface area contributed by atoms with E-state index in [-0.39, 0.29) is 113 Å². The number of methoxy groups -OCH3 is 1. The number of aliphatic hydroxyl groups excluding tert-OH is 2. The molecule has 14 bridgehead atoms. The molecule has 6 heterocycles. The molecule has 18 rings (SSSR count). The summed E-state index contributed by atoms with van der Waals surface area (Å²) in [6.07, 6.45) is 38.0. The van der Waals surface area contributed by atoms with Crippen molar-refractivity contribution in [3.8, 4) is 46.3 Å². The summed E-state index contributed by atoms with van der Waals surface area (Å²) in [5, 5.41) is 66.1. The molecule has 2 aromatic heterocycles. The quantitative estimate of drug-likeness (QED) is 0.0429. The number of hydrogen-bond acceptors (Lipinski definition) is 13. The van der Waals surface area contributed by atoms with E-state index in [4.69, 9.17) is 14.2 Å². The maximum absolute atomic E-state index is 16.2. The number of allylic oxidation sites excluding steroid dienone is 10. The lowest BCUT2D eigenvalue weighted by Crippen LogP contribution is -2.41. The molecular weight excluding hydrogens is 1260 g/mol. The molecule has 0 unspecified atom stereocenters. The SMILES string of the molecule is COc1cc2cc(O)c1Oc1cc(O)cc(c1)CC[C@H](CO)C[C@H]1CC[C@@]34CC[C@]5(C3)[C@@H](O)c3ccc6c7cn(c(c37)[C@@H]5C=C[C@H]14)[C@H]2CC(=O)C[C@H](OC(C)=O)CC[C@@]12C3=CC=C[C@@H]1CC=C[C@@H]2c1c[nH]cc1[C@H](C#CC3)[C@@H](c1cccc(O)c1)C1=CCNC(=C1)N6CCC(=O)C1CCCC1. The van der Waals surface area contributed by atoms with Gasteiger partial charge in [-0.05, 0) is 200 Å². The molecule has 6 aromatic rings. The first-order chi connectivity index (χ1) is 49.1. The number of aromatic hydroxyl groups is 3. The fourth-order valence-electron chi connectivity index (χ4n) is 21.8. The number of aliphatic hydroxyl groups is 2. The van der Waals surface area contributed by atoms with Crippen molar-refractivity contribution in [1.82, 2.24) is 14.9 Å². The Bertz CT molecular complexity index is 4600. The van der Waals surface area contributed by atoms with Gasteiger partial charge in [-0.2, -0.15) is 0 Å². The molecule has 12 aliphatic rings. The number of aromatic nitrogens is 2. The van der Waals surface area contributed by atoms with Crippen molar-refractivity contribution in [2.75, 3.05) is 31.7 Å². The van der Waals surface area contributed by atoms with Gasteiger partial charge in [0.2, 0.25) is 5.75 Å². The number of esters is 1. The van der Waals surface area contributed by atoms with Crippen LogP contribution in [-0.2, 0) is 25.5 Å². The number of ether oxygens (including phenoxy) is 3. The molecule has 0 saturated heterocycles. The van der Waals surface area contributed by atoms with Crippen molar-refractivity contribution >= 4 is 34.0 Å². The lowest BCUT2D eigenvalue weighted by atomic mass is 9.53. The topological polar surface area (TPSA) is 216 Å². The van der Waals surface area contributed by atoms with Crippen molar-refractivity contribution in [3.63, 3.8) is 0 Å². The van der Waals surface area contributed by atoms with Gasteiger partial charge in [0, 0.05) is 128 Å². The fourth-order valence-corrected chi connectivity index (χ4v) is 21.8. The maximum Gasteiger partial charge on any atom is 0.302 e. The van der Waals surface area contributed by atoms with Crippen LogP contribution in [0.15, 0.2) is 157 Å². The molecular formula is C86H92N4O11. The van der Waals surface area contributed by atoms with Crippen LogP contribution in [0.1, 0.15) is 197 Å². The smallest absolute Gasteiger partial charge is 0.302 e. The molecule has 0 radical (unpaired) electrons. The van der Waals surface area contributed by atoms with E-state index in [2.05, 4.69) is 123 Å². The van der Waals surface area contributed by atoms with Gasteiger partial charge in [0.25, 0.3) is 0 Å². The highest BCUT2D eigenvalue weighted by Gasteiger charge is 2.64. The molecule has 8 aliphatic carbocycles. The van der Waals surface area contributed by atoms with Crippen LogP contribution < -0.4 is 19.7 Å². The van der Waals surface area contributed by atoms with Gasteiger partial charge < -0.3 is 59.5 Å². The minimum Gasteiger partial charge on any atom is -0.508 e. The van der Waals surface area contributed by atoms with E-state index in [9.17, 15) is 35.1 Å². The van der Waals surface area contributed by atoms with E-state index in [1.165, 1.54) is 25.7 Å². The average Bonchev–Trinajstić information content (AvgIpc) is 1.53. The number of benzene rings is 4. The Hall–Kier alpha value is -8.97. The second-order valence-electron chi connectivity index (χ2n) is 31.6. The number of nitrogens with one attached hydrogen (secondary N) is 2. The van der Waals surface area contributed by atoms with Crippen LogP contribution in [0.3, 0.4) is 0 Å². The minimum atomic E-state index is -0.884. The third kappa shape index (κ3) is 11.1. The largest absolute Gasteiger partial charge is 0.508 e. The molecule has 7 N–H and O–H groups in total. The van der Waals surface area contributed by atoms with Crippen molar-refractivity contribution < 1.29 is 54.1 Å². The van der Waals surface area contributed by atoms with Crippen LogP contribution in [0.2, 0.25) is 0 Å². The highest BCUT2D eigenvalue weighted by atomic mass is 16.5. The summed E-state index contributed by atoms with van der Waals surface area (Å²) in [6.45, 7) is 2.19. The summed E-state index contributed by atoms with van der Waals surface area (Å²) in [6, 6.07) is 19.6. The molecule has 3 spiro atoms. The van der Waals surface area contributed by atoms with Crippen molar-refractivity contribution in [1.29, 1.82) is 0 Å². The van der Waals surface area contributed by atoms with Gasteiger partial charge >= 0.3 is 5.97 Å². The summed E-state index contributed by atoms with van der Waals surface area (Å²) in [7, 11) is 1.52. The van der Waals surface area contributed by atoms with Gasteiger partial charge in [-0.1, -0.05) is 97.1 Å². The zero-order valence-electron chi connectivity index (χ0n) is 57.8.